The highest BCUT2D eigenvalue weighted by Gasteiger charge is 2.51. The smallest absolute Gasteiger partial charge is 0.233 e. The van der Waals surface area contributed by atoms with E-state index >= 15 is 0 Å². The molecule has 1 aromatic heterocycles. The van der Waals surface area contributed by atoms with Crippen molar-refractivity contribution in [2.24, 2.45) is 17.8 Å². The standard InChI is InChI=1S/C27H36FN5OS/c1-18(25(34)29-27-14-19-11-20(15-27)13-21(12-19)16-27)35-26-31-30-24(17-32-9-3-2-4-10-32)33(26)23-7-5-22(28)6-8-23/h5-8,18-21H,2-4,9-17H2,1H3,(H,29,34). The molecule has 0 spiro atoms. The second-order valence-electron chi connectivity index (χ2n) is 11.5. The van der Waals surface area contributed by atoms with Gasteiger partial charge in [-0.3, -0.25) is 14.3 Å². The molecular weight excluding hydrogens is 461 g/mol. The first-order chi connectivity index (χ1) is 17.0. The number of likely N-dealkylation sites (tertiary alicyclic amines) is 1. The Balaban J connectivity index is 1.20. The average molecular weight is 498 g/mol. The summed E-state index contributed by atoms with van der Waals surface area (Å²) in [5.41, 5.74) is 0.838. The van der Waals surface area contributed by atoms with E-state index in [-0.39, 0.29) is 22.5 Å². The van der Waals surface area contributed by atoms with Gasteiger partial charge in [0.2, 0.25) is 5.91 Å². The minimum absolute atomic E-state index is 0.00467. The summed E-state index contributed by atoms with van der Waals surface area (Å²) in [4.78, 5) is 15.8. The third kappa shape index (κ3) is 4.88. The molecule has 1 N–H and O–H groups in total. The molecule has 8 heteroatoms. The van der Waals surface area contributed by atoms with Gasteiger partial charge in [0.25, 0.3) is 0 Å². The lowest BCUT2D eigenvalue weighted by molar-refractivity contribution is -0.126. The van der Waals surface area contributed by atoms with Crippen LogP contribution in [0.1, 0.15) is 70.5 Å². The van der Waals surface area contributed by atoms with E-state index in [2.05, 4.69) is 20.4 Å². The topological polar surface area (TPSA) is 63.1 Å². The third-order valence-corrected chi connectivity index (χ3v) is 9.72. The van der Waals surface area contributed by atoms with Crippen molar-refractivity contribution in [3.63, 3.8) is 0 Å². The maximum Gasteiger partial charge on any atom is 0.233 e. The Morgan fingerprint density at radius 1 is 1.06 bits per heavy atom. The van der Waals surface area contributed by atoms with Gasteiger partial charge in [-0.05, 0) is 113 Å². The lowest BCUT2D eigenvalue weighted by Gasteiger charge is -2.57. The largest absolute Gasteiger partial charge is 0.350 e. The maximum atomic E-state index is 13.7. The number of hydrogen-bond donors (Lipinski definition) is 1. The van der Waals surface area contributed by atoms with Gasteiger partial charge < -0.3 is 5.32 Å². The van der Waals surface area contributed by atoms with Crippen molar-refractivity contribution in [1.82, 2.24) is 25.0 Å². The number of benzene rings is 1. The summed E-state index contributed by atoms with van der Waals surface area (Å²) >= 11 is 1.45. The van der Waals surface area contributed by atoms with E-state index in [1.165, 1.54) is 62.4 Å². The lowest BCUT2D eigenvalue weighted by Crippen LogP contribution is -2.60. The van der Waals surface area contributed by atoms with Gasteiger partial charge in [0.15, 0.2) is 11.0 Å². The van der Waals surface area contributed by atoms with E-state index in [0.717, 1.165) is 61.6 Å². The highest BCUT2D eigenvalue weighted by Crippen LogP contribution is 2.55. The second-order valence-corrected chi connectivity index (χ2v) is 12.8. The maximum absolute atomic E-state index is 13.7. The number of carbonyl (C=O) groups is 1. The zero-order valence-corrected chi connectivity index (χ0v) is 21.4. The molecule has 1 aliphatic heterocycles. The predicted molar refractivity (Wildman–Crippen MR) is 135 cm³/mol. The van der Waals surface area contributed by atoms with Crippen LogP contribution >= 0.6 is 11.8 Å². The van der Waals surface area contributed by atoms with Gasteiger partial charge in [0, 0.05) is 11.2 Å². The lowest BCUT2D eigenvalue weighted by atomic mass is 9.53. The van der Waals surface area contributed by atoms with Gasteiger partial charge in [-0.1, -0.05) is 18.2 Å². The van der Waals surface area contributed by atoms with Gasteiger partial charge in [0.05, 0.1) is 11.8 Å². The molecule has 6 nitrogen and oxygen atoms in total. The van der Waals surface area contributed by atoms with E-state index in [0.29, 0.717) is 11.7 Å². The van der Waals surface area contributed by atoms with Crippen LogP contribution in [-0.2, 0) is 11.3 Å². The van der Waals surface area contributed by atoms with Crippen LogP contribution in [-0.4, -0.2) is 49.4 Å². The van der Waals surface area contributed by atoms with Crippen LogP contribution in [0.2, 0.25) is 0 Å². The molecule has 4 saturated carbocycles. The highest BCUT2D eigenvalue weighted by atomic mass is 32.2. The van der Waals surface area contributed by atoms with Crippen molar-refractivity contribution in [3.05, 3.63) is 35.9 Å². The van der Waals surface area contributed by atoms with Crippen molar-refractivity contribution in [3.8, 4) is 5.69 Å². The van der Waals surface area contributed by atoms with Crippen LogP contribution in [0.4, 0.5) is 4.39 Å². The molecule has 1 amide bonds. The number of nitrogens with one attached hydrogen (secondary N) is 1. The number of rotatable bonds is 7. The fourth-order valence-electron chi connectivity index (χ4n) is 7.48. The molecule has 1 saturated heterocycles. The minimum atomic E-state index is -0.283. The number of thioether (sulfide) groups is 1. The summed E-state index contributed by atoms with van der Waals surface area (Å²) in [7, 11) is 0. The summed E-state index contributed by atoms with van der Waals surface area (Å²) in [5.74, 6) is 3.06. The third-order valence-electron chi connectivity index (χ3n) is 8.68. The molecule has 2 heterocycles. The first kappa shape index (κ1) is 23.5. The molecule has 5 fully saturated rings. The SMILES string of the molecule is CC(Sc1nnc(CN2CCCCC2)n1-c1ccc(F)cc1)C(=O)NC12CC3CC(CC(C3)C1)C2. The summed E-state index contributed by atoms with van der Waals surface area (Å²) in [6.45, 7) is 4.79. The normalized spacial score (nSPS) is 31.0. The van der Waals surface area contributed by atoms with Gasteiger partial charge in [-0.15, -0.1) is 10.2 Å². The zero-order valence-electron chi connectivity index (χ0n) is 20.6. The number of hydrogen-bond acceptors (Lipinski definition) is 5. The first-order valence-electron chi connectivity index (χ1n) is 13.4. The molecule has 2 aromatic rings. The van der Waals surface area contributed by atoms with Crippen LogP contribution < -0.4 is 5.32 Å². The molecule has 4 bridgehead atoms. The summed E-state index contributed by atoms with van der Waals surface area (Å²) in [6, 6.07) is 6.47. The Bertz CT molecular complexity index is 1030. The molecule has 188 valence electrons. The van der Waals surface area contributed by atoms with Gasteiger partial charge in [-0.25, -0.2) is 4.39 Å². The van der Waals surface area contributed by atoms with Gasteiger partial charge >= 0.3 is 0 Å². The molecule has 1 unspecified atom stereocenters. The predicted octanol–water partition coefficient (Wildman–Crippen LogP) is 4.96. The van der Waals surface area contributed by atoms with Crippen LogP contribution in [0.15, 0.2) is 29.4 Å². The fraction of sp³-hybridized carbons (Fsp3) is 0.667. The van der Waals surface area contributed by atoms with E-state index in [1.807, 2.05) is 11.5 Å². The molecule has 7 rings (SSSR count). The zero-order chi connectivity index (χ0) is 24.0. The number of halogens is 1. The van der Waals surface area contributed by atoms with Crippen LogP contribution in [0.5, 0.6) is 0 Å². The van der Waals surface area contributed by atoms with Gasteiger partial charge in [0.1, 0.15) is 5.82 Å². The van der Waals surface area contributed by atoms with Crippen LogP contribution in [0, 0.1) is 23.6 Å². The van der Waals surface area contributed by atoms with Crippen molar-refractivity contribution in [1.29, 1.82) is 0 Å². The van der Waals surface area contributed by atoms with E-state index in [9.17, 15) is 9.18 Å². The number of carbonyl (C=O) groups excluding carboxylic acids is 1. The molecule has 1 aromatic carbocycles. The molecule has 0 radical (unpaired) electrons. The Kier molecular flexibility index (Phi) is 6.37. The molecule has 1 atom stereocenters. The summed E-state index contributed by atoms with van der Waals surface area (Å²) in [6.07, 6.45) is 11.2. The summed E-state index contributed by atoms with van der Waals surface area (Å²) < 4.78 is 15.7. The van der Waals surface area contributed by atoms with Crippen LogP contribution in [0.25, 0.3) is 5.69 Å². The van der Waals surface area contributed by atoms with Crippen molar-refractivity contribution in [2.75, 3.05) is 13.1 Å². The highest BCUT2D eigenvalue weighted by molar-refractivity contribution is 8.00. The molecule has 5 aliphatic rings. The number of aromatic nitrogens is 3. The summed E-state index contributed by atoms with van der Waals surface area (Å²) in [5, 5.41) is 12.9. The Labute approximate surface area is 211 Å². The minimum Gasteiger partial charge on any atom is -0.350 e. The van der Waals surface area contributed by atoms with Crippen molar-refractivity contribution < 1.29 is 9.18 Å². The number of piperidine rings is 1. The fourth-order valence-corrected chi connectivity index (χ4v) is 8.37. The second kappa shape index (κ2) is 9.51. The average Bonchev–Trinajstić information content (AvgIpc) is 3.20. The molecule has 4 aliphatic carbocycles. The molecular formula is C27H36FN5OS. The molecule has 35 heavy (non-hydrogen) atoms. The monoisotopic (exact) mass is 497 g/mol. The Hall–Kier alpha value is -1.93. The first-order valence-corrected chi connectivity index (χ1v) is 14.3. The van der Waals surface area contributed by atoms with Crippen LogP contribution in [0.3, 0.4) is 0 Å². The van der Waals surface area contributed by atoms with E-state index in [4.69, 9.17) is 0 Å². The number of amides is 1. The Morgan fingerprint density at radius 3 is 2.31 bits per heavy atom. The van der Waals surface area contributed by atoms with E-state index in [1.54, 1.807) is 12.1 Å². The van der Waals surface area contributed by atoms with Crippen molar-refractivity contribution >= 4 is 17.7 Å². The van der Waals surface area contributed by atoms with Gasteiger partial charge in [-0.2, -0.15) is 0 Å². The Morgan fingerprint density at radius 2 is 1.69 bits per heavy atom. The quantitative estimate of drug-likeness (QED) is 0.548. The number of nitrogens with zero attached hydrogens (tertiary/aromatic N) is 4. The van der Waals surface area contributed by atoms with Crippen molar-refractivity contribution in [2.45, 2.75) is 87.2 Å². The van der Waals surface area contributed by atoms with E-state index < -0.39 is 0 Å².